The van der Waals surface area contributed by atoms with Crippen LogP contribution in [0.1, 0.15) is 36.2 Å². The number of carbonyl (C=O) groups is 3. The lowest BCUT2D eigenvalue weighted by Crippen LogP contribution is -2.42. The molecular formula is C22H24N2O4. The minimum atomic E-state index is -1.07. The average Bonchev–Trinajstić information content (AvgIpc) is 3.43. The van der Waals surface area contributed by atoms with E-state index >= 15 is 0 Å². The van der Waals surface area contributed by atoms with Crippen molar-refractivity contribution in [1.29, 1.82) is 0 Å². The van der Waals surface area contributed by atoms with Gasteiger partial charge >= 0.3 is 5.97 Å². The zero-order chi connectivity index (χ0) is 20.3. The summed E-state index contributed by atoms with van der Waals surface area (Å²) in [5.41, 5.74) is 1.72. The summed E-state index contributed by atoms with van der Waals surface area (Å²) in [6, 6.07) is 14.9. The van der Waals surface area contributed by atoms with Gasteiger partial charge in [-0.2, -0.15) is 0 Å². The van der Waals surface area contributed by atoms with Crippen molar-refractivity contribution in [3.8, 4) is 0 Å². The molecule has 2 aromatic rings. The third-order valence-corrected chi connectivity index (χ3v) is 5.10. The van der Waals surface area contributed by atoms with E-state index in [0.717, 1.165) is 12.0 Å². The maximum Gasteiger partial charge on any atom is 0.326 e. The molecule has 1 saturated carbocycles. The number of carboxylic acids is 1. The molecule has 0 saturated heterocycles. The molecule has 3 rings (SSSR count). The second-order valence-corrected chi connectivity index (χ2v) is 7.32. The highest BCUT2D eigenvalue weighted by atomic mass is 16.4. The number of aliphatic carboxylic acids is 1. The Kier molecular flexibility index (Phi) is 5.78. The molecule has 6 nitrogen and oxygen atoms in total. The molecule has 1 aliphatic carbocycles. The topological polar surface area (TPSA) is 86.7 Å². The molecule has 0 bridgehead atoms. The summed E-state index contributed by atoms with van der Waals surface area (Å²) in [5, 5.41) is 12.3. The molecule has 0 radical (unpaired) electrons. The normalized spacial score (nSPS) is 18.8. The predicted octanol–water partition coefficient (Wildman–Crippen LogP) is 3.40. The molecule has 0 aliphatic heterocycles. The first kappa shape index (κ1) is 19.6. The van der Waals surface area contributed by atoms with Crippen molar-refractivity contribution in [3.63, 3.8) is 0 Å². The van der Waals surface area contributed by atoms with E-state index < -0.39 is 17.9 Å². The van der Waals surface area contributed by atoms with E-state index in [0.29, 0.717) is 17.2 Å². The van der Waals surface area contributed by atoms with Gasteiger partial charge in [0.05, 0.1) is 0 Å². The van der Waals surface area contributed by atoms with Gasteiger partial charge in [0.1, 0.15) is 6.04 Å². The van der Waals surface area contributed by atoms with E-state index in [-0.39, 0.29) is 18.4 Å². The Labute approximate surface area is 164 Å². The van der Waals surface area contributed by atoms with E-state index in [1.807, 2.05) is 37.3 Å². The first-order valence-corrected chi connectivity index (χ1v) is 9.35. The largest absolute Gasteiger partial charge is 0.480 e. The number of amides is 2. The molecule has 1 aliphatic rings. The second-order valence-electron chi connectivity index (χ2n) is 7.32. The maximum absolute atomic E-state index is 13.1. The summed E-state index contributed by atoms with van der Waals surface area (Å²) in [4.78, 5) is 38.1. The monoisotopic (exact) mass is 380 g/mol. The first-order chi connectivity index (χ1) is 13.4. The number of anilines is 1. The maximum atomic E-state index is 13.1. The molecule has 2 N–H and O–H groups in total. The van der Waals surface area contributed by atoms with Crippen molar-refractivity contribution in [2.45, 2.75) is 32.9 Å². The molecular weight excluding hydrogens is 356 g/mol. The summed E-state index contributed by atoms with van der Waals surface area (Å²) >= 11 is 0. The quantitative estimate of drug-likeness (QED) is 0.771. The van der Waals surface area contributed by atoms with Gasteiger partial charge in [0, 0.05) is 23.7 Å². The number of hydrogen-bond donors (Lipinski definition) is 2. The van der Waals surface area contributed by atoms with Crippen molar-refractivity contribution >= 4 is 23.5 Å². The predicted molar refractivity (Wildman–Crippen MR) is 106 cm³/mol. The zero-order valence-electron chi connectivity index (χ0n) is 16.0. The molecule has 3 unspecified atom stereocenters. The van der Waals surface area contributed by atoms with Crippen molar-refractivity contribution in [2.24, 2.45) is 11.8 Å². The van der Waals surface area contributed by atoms with Crippen molar-refractivity contribution < 1.29 is 19.5 Å². The Bertz CT molecular complexity index is 881. The van der Waals surface area contributed by atoms with Crippen LogP contribution in [0.3, 0.4) is 0 Å². The minimum Gasteiger partial charge on any atom is -0.480 e. The molecule has 0 heterocycles. The van der Waals surface area contributed by atoms with Crippen LogP contribution in [0, 0.1) is 11.8 Å². The number of nitrogens with zero attached hydrogens (tertiary/aromatic N) is 1. The molecule has 0 aromatic heterocycles. The third-order valence-electron chi connectivity index (χ3n) is 5.10. The molecule has 6 heteroatoms. The Morgan fingerprint density at radius 3 is 2.43 bits per heavy atom. The highest BCUT2D eigenvalue weighted by molar-refractivity contribution is 5.99. The van der Waals surface area contributed by atoms with Crippen molar-refractivity contribution in [2.75, 3.05) is 5.32 Å². The molecule has 1 fully saturated rings. The number of rotatable bonds is 7. The van der Waals surface area contributed by atoms with Gasteiger partial charge in [0.25, 0.3) is 5.91 Å². The van der Waals surface area contributed by atoms with Gasteiger partial charge < -0.3 is 15.3 Å². The molecule has 0 spiro atoms. The van der Waals surface area contributed by atoms with Crippen LogP contribution < -0.4 is 5.32 Å². The van der Waals surface area contributed by atoms with E-state index in [4.69, 9.17) is 0 Å². The van der Waals surface area contributed by atoms with Crippen LogP contribution in [0.15, 0.2) is 54.6 Å². The van der Waals surface area contributed by atoms with Crippen molar-refractivity contribution in [1.82, 2.24) is 4.90 Å². The van der Waals surface area contributed by atoms with Crippen LogP contribution in [0.25, 0.3) is 0 Å². The van der Waals surface area contributed by atoms with Gasteiger partial charge in [-0.3, -0.25) is 9.59 Å². The van der Waals surface area contributed by atoms with Gasteiger partial charge in [-0.25, -0.2) is 4.79 Å². The Balaban J connectivity index is 1.80. The Morgan fingerprint density at radius 2 is 1.82 bits per heavy atom. The molecule has 2 amide bonds. The van der Waals surface area contributed by atoms with Gasteiger partial charge in [-0.1, -0.05) is 43.3 Å². The molecule has 2 aromatic carbocycles. The van der Waals surface area contributed by atoms with Crippen LogP contribution in [0.4, 0.5) is 5.69 Å². The van der Waals surface area contributed by atoms with E-state index in [1.165, 1.54) is 11.8 Å². The lowest BCUT2D eigenvalue weighted by molar-refractivity contribution is -0.141. The van der Waals surface area contributed by atoms with Crippen molar-refractivity contribution in [3.05, 3.63) is 65.7 Å². The summed E-state index contributed by atoms with van der Waals surface area (Å²) in [7, 11) is 0. The highest BCUT2D eigenvalue weighted by Gasteiger charge is 2.39. The van der Waals surface area contributed by atoms with Gasteiger partial charge in [-0.15, -0.1) is 0 Å². The van der Waals surface area contributed by atoms with Crippen LogP contribution in [0.2, 0.25) is 0 Å². The van der Waals surface area contributed by atoms with E-state index in [2.05, 4.69) is 5.32 Å². The van der Waals surface area contributed by atoms with E-state index in [9.17, 15) is 19.5 Å². The second kappa shape index (κ2) is 8.25. The number of nitrogens with one attached hydrogen (secondary N) is 1. The summed E-state index contributed by atoms with van der Waals surface area (Å²) in [5.74, 6) is -1.09. The fourth-order valence-corrected chi connectivity index (χ4v) is 3.12. The zero-order valence-corrected chi connectivity index (χ0v) is 16.0. The number of hydrogen-bond acceptors (Lipinski definition) is 3. The summed E-state index contributed by atoms with van der Waals surface area (Å²) in [6.07, 6.45) is 0.880. The fourth-order valence-electron chi connectivity index (χ4n) is 3.12. The number of benzene rings is 2. The average molecular weight is 380 g/mol. The fraction of sp³-hybridized carbons (Fsp3) is 0.318. The number of carboxylic acid groups (broad SMARTS) is 1. The Hall–Kier alpha value is -3.15. The molecule has 28 heavy (non-hydrogen) atoms. The summed E-state index contributed by atoms with van der Waals surface area (Å²) < 4.78 is 0. The number of carbonyl (C=O) groups excluding carboxylic acids is 2. The molecule has 146 valence electrons. The Morgan fingerprint density at radius 1 is 1.14 bits per heavy atom. The van der Waals surface area contributed by atoms with Gasteiger partial charge in [0.2, 0.25) is 5.91 Å². The van der Waals surface area contributed by atoms with Crippen LogP contribution >= 0.6 is 0 Å². The first-order valence-electron chi connectivity index (χ1n) is 9.35. The van der Waals surface area contributed by atoms with Gasteiger partial charge in [-0.05, 0) is 43.0 Å². The standard InChI is InChI=1S/C22H24N2O4/c1-14-11-19(14)20(25)23-18-10-6-9-17(12-18)21(26)24(15(2)22(27)28)13-16-7-4-3-5-8-16/h3-10,12,14-15,19H,11,13H2,1-2H3,(H,23,25)(H,27,28). The smallest absolute Gasteiger partial charge is 0.326 e. The summed E-state index contributed by atoms with van der Waals surface area (Å²) in [6.45, 7) is 3.70. The lowest BCUT2D eigenvalue weighted by atomic mass is 10.1. The molecule has 3 atom stereocenters. The highest BCUT2D eigenvalue weighted by Crippen LogP contribution is 2.38. The van der Waals surface area contributed by atoms with E-state index in [1.54, 1.807) is 24.3 Å². The van der Waals surface area contributed by atoms with Crippen LogP contribution in [-0.2, 0) is 16.1 Å². The SMILES string of the molecule is CC1CC1C(=O)Nc1cccc(C(=O)N(Cc2ccccc2)C(C)C(=O)O)c1. The van der Waals surface area contributed by atoms with Crippen LogP contribution in [-0.4, -0.2) is 33.8 Å². The lowest BCUT2D eigenvalue weighted by Gasteiger charge is -2.27. The van der Waals surface area contributed by atoms with Gasteiger partial charge in [0.15, 0.2) is 0 Å². The third kappa shape index (κ3) is 4.57. The van der Waals surface area contributed by atoms with Crippen LogP contribution in [0.5, 0.6) is 0 Å². The minimum absolute atomic E-state index is 0.0287.